The molecule has 0 spiro atoms. The Morgan fingerprint density at radius 2 is 0.780 bits per heavy atom. The lowest BCUT2D eigenvalue weighted by Crippen LogP contribution is -2.31. The van der Waals surface area contributed by atoms with Gasteiger partial charge >= 0.3 is 11.9 Å². The van der Waals surface area contributed by atoms with Crippen molar-refractivity contribution in [1.82, 2.24) is 4.90 Å². The number of piperidine rings is 1. The molecule has 350 valence electrons. The van der Waals surface area contributed by atoms with E-state index in [9.17, 15) is 9.59 Å². The standard InChI is InChI=1S/C53H103NO5/c1-5-9-22-33-49(34-23-10-6-2)41-47-58-52(55)39-28-19-15-13-17-26-37-51(57-46-32-45-54-43-30-21-31-44-54)38-27-18-14-16-20-29-40-53(56)59-48-42-50(35-24-11-7-3)36-25-12-8-4/h49-51H,5-48H2,1-4H3. The Bertz CT molecular complexity index is 813. The fourth-order valence-corrected chi connectivity index (χ4v) is 9.15. The van der Waals surface area contributed by atoms with Crippen LogP contribution in [0.5, 0.6) is 0 Å². The van der Waals surface area contributed by atoms with E-state index in [1.165, 1.54) is 206 Å². The van der Waals surface area contributed by atoms with Crippen LogP contribution in [0.25, 0.3) is 0 Å². The fourth-order valence-electron chi connectivity index (χ4n) is 9.15. The van der Waals surface area contributed by atoms with Crippen molar-refractivity contribution in [2.75, 3.05) is 39.5 Å². The molecule has 1 aliphatic heterocycles. The molecule has 1 aliphatic rings. The second-order valence-corrected chi connectivity index (χ2v) is 18.8. The van der Waals surface area contributed by atoms with Gasteiger partial charge in [0.25, 0.3) is 0 Å². The van der Waals surface area contributed by atoms with Crippen molar-refractivity contribution in [2.24, 2.45) is 11.8 Å². The molecule has 1 fully saturated rings. The largest absolute Gasteiger partial charge is 0.466 e. The molecule has 0 atom stereocenters. The van der Waals surface area contributed by atoms with Crippen molar-refractivity contribution >= 4 is 11.9 Å². The number of likely N-dealkylation sites (tertiary alicyclic amines) is 1. The Hall–Kier alpha value is -1.14. The summed E-state index contributed by atoms with van der Waals surface area (Å²) in [6.07, 6.45) is 46.1. The summed E-state index contributed by atoms with van der Waals surface area (Å²) in [5, 5.41) is 0. The Morgan fingerprint density at radius 3 is 1.19 bits per heavy atom. The number of carbonyl (C=O) groups is 2. The minimum Gasteiger partial charge on any atom is -0.466 e. The van der Waals surface area contributed by atoms with Gasteiger partial charge in [-0.25, -0.2) is 0 Å². The Morgan fingerprint density at radius 1 is 0.407 bits per heavy atom. The lowest BCUT2D eigenvalue weighted by atomic mass is 9.92. The normalized spacial score (nSPS) is 13.6. The van der Waals surface area contributed by atoms with E-state index in [1.807, 2.05) is 0 Å². The number of ether oxygens (including phenoxy) is 3. The molecule has 1 rings (SSSR count). The second kappa shape index (κ2) is 43.5. The summed E-state index contributed by atoms with van der Waals surface area (Å²) in [6, 6.07) is 0. The molecule has 0 unspecified atom stereocenters. The lowest BCUT2D eigenvalue weighted by Gasteiger charge is -2.26. The Kier molecular flexibility index (Phi) is 41.2. The number of esters is 2. The van der Waals surface area contributed by atoms with Gasteiger partial charge < -0.3 is 19.1 Å². The number of carbonyl (C=O) groups excluding carboxylic acids is 2. The first-order valence-electron chi connectivity index (χ1n) is 26.7. The molecule has 0 aromatic heterocycles. The van der Waals surface area contributed by atoms with Gasteiger partial charge in [0, 0.05) is 26.0 Å². The van der Waals surface area contributed by atoms with Gasteiger partial charge in [0.1, 0.15) is 0 Å². The third kappa shape index (κ3) is 37.2. The van der Waals surface area contributed by atoms with Crippen LogP contribution in [-0.4, -0.2) is 62.4 Å². The van der Waals surface area contributed by atoms with Gasteiger partial charge in [-0.15, -0.1) is 0 Å². The van der Waals surface area contributed by atoms with Crippen LogP contribution in [0.4, 0.5) is 0 Å². The number of rotatable bonds is 45. The molecule has 1 saturated heterocycles. The highest BCUT2D eigenvalue weighted by Crippen LogP contribution is 2.23. The van der Waals surface area contributed by atoms with Crippen LogP contribution in [-0.2, 0) is 23.8 Å². The molecular weight excluding hydrogens is 731 g/mol. The zero-order valence-electron chi connectivity index (χ0n) is 40.3. The molecule has 0 radical (unpaired) electrons. The summed E-state index contributed by atoms with van der Waals surface area (Å²) in [5.74, 6) is 1.46. The van der Waals surface area contributed by atoms with Crippen LogP contribution in [0.2, 0.25) is 0 Å². The maximum atomic E-state index is 12.4. The smallest absolute Gasteiger partial charge is 0.305 e. The van der Waals surface area contributed by atoms with E-state index in [0.717, 1.165) is 63.4 Å². The molecule has 0 N–H and O–H groups in total. The van der Waals surface area contributed by atoms with Crippen LogP contribution < -0.4 is 0 Å². The zero-order valence-corrected chi connectivity index (χ0v) is 40.3. The van der Waals surface area contributed by atoms with Gasteiger partial charge in [0.05, 0.1) is 19.3 Å². The highest BCUT2D eigenvalue weighted by atomic mass is 16.5. The topological polar surface area (TPSA) is 65.1 Å². The van der Waals surface area contributed by atoms with Crippen LogP contribution in [0.3, 0.4) is 0 Å². The molecule has 6 nitrogen and oxygen atoms in total. The minimum absolute atomic E-state index is 0.0101. The van der Waals surface area contributed by atoms with E-state index in [2.05, 4.69) is 32.6 Å². The average molecular weight is 834 g/mol. The second-order valence-electron chi connectivity index (χ2n) is 18.8. The summed E-state index contributed by atoms with van der Waals surface area (Å²) in [5.41, 5.74) is 0. The maximum Gasteiger partial charge on any atom is 0.305 e. The number of hydrogen-bond donors (Lipinski definition) is 0. The summed E-state index contributed by atoms with van der Waals surface area (Å²) >= 11 is 0. The first kappa shape index (κ1) is 55.9. The predicted octanol–water partition coefficient (Wildman–Crippen LogP) is 15.9. The molecule has 0 aromatic carbocycles. The Labute approximate surface area is 368 Å². The van der Waals surface area contributed by atoms with Crippen molar-refractivity contribution < 1.29 is 23.8 Å². The van der Waals surface area contributed by atoms with Gasteiger partial charge in [0.2, 0.25) is 0 Å². The van der Waals surface area contributed by atoms with Crippen LogP contribution in [0, 0.1) is 11.8 Å². The van der Waals surface area contributed by atoms with Gasteiger partial charge in [0.15, 0.2) is 0 Å². The van der Waals surface area contributed by atoms with Crippen molar-refractivity contribution in [3.05, 3.63) is 0 Å². The van der Waals surface area contributed by atoms with E-state index in [1.54, 1.807) is 0 Å². The summed E-state index contributed by atoms with van der Waals surface area (Å²) in [7, 11) is 0. The van der Waals surface area contributed by atoms with Crippen molar-refractivity contribution in [2.45, 2.75) is 278 Å². The average Bonchev–Trinajstić information content (AvgIpc) is 3.24. The number of nitrogens with zero attached hydrogens (tertiary/aromatic N) is 1. The van der Waals surface area contributed by atoms with Gasteiger partial charge in [-0.2, -0.15) is 0 Å². The third-order valence-electron chi connectivity index (χ3n) is 13.2. The van der Waals surface area contributed by atoms with Gasteiger partial charge in [-0.3, -0.25) is 9.59 Å². The van der Waals surface area contributed by atoms with Gasteiger partial charge in [-0.1, -0.05) is 201 Å². The highest BCUT2D eigenvalue weighted by Gasteiger charge is 2.14. The first-order valence-corrected chi connectivity index (χ1v) is 26.7. The van der Waals surface area contributed by atoms with Crippen molar-refractivity contribution in [3.8, 4) is 0 Å². The fraction of sp³-hybridized carbons (Fsp3) is 0.962. The van der Waals surface area contributed by atoms with E-state index < -0.39 is 0 Å². The maximum absolute atomic E-state index is 12.4. The SMILES string of the molecule is CCCCCC(CCCCC)CCOC(=O)CCCCCCCCC(CCCCCCCCC(=O)OCCC(CCCCC)CCCCC)OCCCN1CCCCC1. The molecule has 0 saturated carbocycles. The number of unbranched alkanes of at least 4 members (excludes halogenated alkanes) is 18. The third-order valence-corrected chi connectivity index (χ3v) is 13.2. The quantitative estimate of drug-likeness (QED) is 0.0450. The summed E-state index contributed by atoms with van der Waals surface area (Å²) in [4.78, 5) is 27.4. The monoisotopic (exact) mass is 834 g/mol. The molecule has 1 heterocycles. The summed E-state index contributed by atoms with van der Waals surface area (Å²) < 4.78 is 17.9. The molecule has 0 bridgehead atoms. The van der Waals surface area contributed by atoms with Gasteiger partial charge in [-0.05, 0) is 82.7 Å². The predicted molar refractivity (Wildman–Crippen MR) is 253 cm³/mol. The highest BCUT2D eigenvalue weighted by molar-refractivity contribution is 5.69. The van der Waals surface area contributed by atoms with Crippen LogP contribution >= 0.6 is 0 Å². The molecule has 6 heteroatoms. The molecule has 0 aromatic rings. The first-order chi connectivity index (χ1) is 29.0. The zero-order chi connectivity index (χ0) is 42.7. The molecule has 59 heavy (non-hydrogen) atoms. The van der Waals surface area contributed by atoms with Crippen LogP contribution in [0.1, 0.15) is 272 Å². The van der Waals surface area contributed by atoms with Crippen LogP contribution in [0.15, 0.2) is 0 Å². The van der Waals surface area contributed by atoms with Crippen molar-refractivity contribution in [1.29, 1.82) is 0 Å². The molecule has 0 aliphatic carbocycles. The summed E-state index contributed by atoms with van der Waals surface area (Å²) in [6.45, 7) is 14.9. The van der Waals surface area contributed by atoms with E-state index in [4.69, 9.17) is 14.2 Å². The molecular formula is C53H103NO5. The van der Waals surface area contributed by atoms with E-state index in [0.29, 0.717) is 32.2 Å². The number of hydrogen-bond acceptors (Lipinski definition) is 6. The Balaban J connectivity index is 2.22. The molecule has 0 amide bonds. The van der Waals surface area contributed by atoms with Crippen molar-refractivity contribution in [3.63, 3.8) is 0 Å². The minimum atomic E-state index is 0.0101. The van der Waals surface area contributed by atoms with E-state index >= 15 is 0 Å². The lowest BCUT2D eigenvalue weighted by molar-refractivity contribution is -0.145. The van der Waals surface area contributed by atoms with E-state index in [-0.39, 0.29) is 11.9 Å².